The molecule has 0 aromatic rings. The van der Waals surface area contributed by atoms with Crippen LogP contribution < -0.4 is 0 Å². The van der Waals surface area contributed by atoms with Crippen LogP contribution in [-0.2, 0) is 55.8 Å². The summed E-state index contributed by atoms with van der Waals surface area (Å²) < 4.78 is 61.4. The van der Waals surface area contributed by atoms with Crippen molar-refractivity contribution in [1.29, 1.82) is 0 Å². The summed E-state index contributed by atoms with van der Waals surface area (Å²) in [5, 5.41) is 20.7. The maximum Gasteiger partial charge on any atom is 0.472 e. The second kappa shape index (κ2) is 86.3. The van der Waals surface area contributed by atoms with Gasteiger partial charge in [-0.15, -0.1) is 0 Å². The number of ether oxygens (including phenoxy) is 3. The number of rotatable bonds is 83. The average Bonchev–Trinajstić information content (AvgIpc) is 0.901. The summed E-state index contributed by atoms with van der Waals surface area (Å²) in [6, 6.07) is 0. The van der Waals surface area contributed by atoms with Crippen LogP contribution >= 0.6 is 15.6 Å². The molecule has 0 aliphatic rings. The van der Waals surface area contributed by atoms with Crippen LogP contribution in [0.3, 0.4) is 0 Å². The van der Waals surface area contributed by atoms with Crippen molar-refractivity contribution >= 4 is 33.6 Å². The second-order valence-corrected chi connectivity index (χ2v) is 32.2. The molecule has 0 aromatic carbocycles. The number of phosphoric ester groups is 2. The van der Waals surface area contributed by atoms with Crippen LogP contribution in [-0.4, -0.2) is 95.9 Å². The van der Waals surface area contributed by atoms with Crippen molar-refractivity contribution in [2.45, 2.75) is 373 Å². The molecule has 0 aromatic heterocycles. The third kappa shape index (κ3) is 87.6. The van der Waals surface area contributed by atoms with Crippen molar-refractivity contribution in [2.75, 3.05) is 39.6 Å². The lowest BCUT2D eigenvalue weighted by molar-refractivity contribution is -0.161. The fourth-order valence-electron chi connectivity index (χ4n) is 11.7. The molecule has 16 nitrogen and oxygen atoms in total. The first-order chi connectivity index (χ1) is 55.2. The molecular weight excluding hydrogens is 1460 g/mol. The lowest BCUT2D eigenvalue weighted by Gasteiger charge is -2.21. The third-order valence-electron chi connectivity index (χ3n) is 18.4. The van der Waals surface area contributed by atoms with Gasteiger partial charge in [0.1, 0.15) is 25.4 Å². The molecule has 0 saturated heterocycles. The zero-order chi connectivity index (χ0) is 82.2. The molecule has 0 bridgehead atoms. The van der Waals surface area contributed by atoms with Gasteiger partial charge in [0, 0.05) is 19.3 Å². The average molecular weight is 1620 g/mol. The van der Waals surface area contributed by atoms with Crippen LogP contribution in [0, 0.1) is 0 Å². The molecule has 0 radical (unpaired) electrons. The predicted molar refractivity (Wildman–Crippen MR) is 472 cm³/mol. The van der Waals surface area contributed by atoms with Crippen LogP contribution in [0.4, 0.5) is 0 Å². The molecule has 0 heterocycles. The Morgan fingerprint density at radius 3 is 0.743 bits per heavy atom. The Hall–Kier alpha value is -5.09. The highest BCUT2D eigenvalue weighted by Gasteiger charge is 2.29. The quantitative estimate of drug-likeness (QED) is 0.0146. The maximum atomic E-state index is 13.0. The fraction of sp³-hybridized carbons (Fsp3) is 0.674. The second-order valence-electron chi connectivity index (χ2n) is 29.3. The smallest absolute Gasteiger partial charge is 0.463 e. The molecule has 113 heavy (non-hydrogen) atoms. The summed E-state index contributed by atoms with van der Waals surface area (Å²) in [4.78, 5) is 58.9. The van der Waals surface area contributed by atoms with Crippen molar-refractivity contribution in [2.24, 2.45) is 0 Å². The molecule has 5 atom stereocenters. The van der Waals surface area contributed by atoms with Gasteiger partial charge in [0.25, 0.3) is 0 Å². The van der Waals surface area contributed by atoms with E-state index in [4.69, 9.17) is 32.3 Å². The van der Waals surface area contributed by atoms with Gasteiger partial charge in [-0.2, -0.15) is 0 Å². The van der Waals surface area contributed by atoms with Gasteiger partial charge in [-0.1, -0.05) is 351 Å². The topological polar surface area (TPSA) is 231 Å². The Balaban J connectivity index is 4.59. The van der Waals surface area contributed by atoms with Crippen molar-refractivity contribution in [3.8, 4) is 0 Å². The first-order valence-corrected chi connectivity index (χ1v) is 47.4. The highest BCUT2D eigenvalue weighted by Crippen LogP contribution is 2.45. The first kappa shape index (κ1) is 108. The molecule has 0 saturated carbocycles. The molecule has 646 valence electrons. The van der Waals surface area contributed by atoms with Gasteiger partial charge in [0.15, 0.2) is 6.10 Å². The van der Waals surface area contributed by atoms with Gasteiger partial charge in [0.05, 0.1) is 26.4 Å². The standard InChI is InChI=1S/C95H160O16P2/c1-4-7-10-13-16-19-22-25-28-31-34-36-38-40-42-43-44-45-47-49-50-52-55-57-60-63-66-69-72-75-78-81-93(98)105-84-90(96)85-107-112(101,102)108-86-91(97)87-109-113(103,104)110-89-92(111-95(100)83-80-77-74-71-68-65-62-59-54-33-30-27-24-21-18-15-12-9-6-3)88-106-94(99)82-79-76-73-70-67-64-61-58-56-53-51-48-46-41-39-37-35-32-29-26-23-20-17-14-11-8-5-2/h8-9,11-12,16-21,25-30,34-37,40-42,46,51,53-54,59,90-92,96-97H,4-7,10,13-15,22-24,31-33,38-39,43-45,47-50,52,55-58,60-89H2,1-3H3,(H,101,102)(H,103,104)/b11-8-,12-9-,19-16-,20-17-,21-18-,28-25-,29-26-,30-27-,36-34-,37-35-,42-40-,46-41-,53-51-,59-54-. The van der Waals surface area contributed by atoms with Gasteiger partial charge in [-0.05, 0) is 154 Å². The third-order valence-corrected chi connectivity index (χ3v) is 20.3. The summed E-state index contributed by atoms with van der Waals surface area (Å²) >= 11 is 0. The van der Waals surface area contributed by atoms with E-state index in [-0.39, 0.29) is 19.3 Å². The number of hydrogen-bond acceptors (Lipinski definition) is 14. The Bertz CT molecular complexity index is 2730. The minimum Gasteiger partial charge on any atom is -0.463 e. The first-order valence-electron chi connectivity index (χ1n) is 44.4. The van der Waals surface area contributed by atoms with Crippen molar-refractivity contribution < 1.29 is 75.8 Å². The lowest BCUT2D eigenvalue weighted by atomic mass is 10.0. The monoisotopic (exact) mass is 1620 g/mol. The zero-order valence-corrected chi connectivity index (χ0v) is 72.8. The van der Waals surface area contributed by atoms with E-state index >= 15 is 0 Å². The van der Waals surface area contributed by atoms with Crippen molar-refractivity contribution in [3.05, 3.63) is 170 Å². The molecule has 0 rings (SSSR count). The van der Waals surface area contributed by atoms with Gasteiger partial charge in [0.2, 0.25) is 0 Å². The summed E-state index contributed by atoms with van der Waals surface area (Å²) in [5.74, 6) is -1.60. The Morgan fingerprint density at radius 1 is 0.257 bits per heavy atom. The van der Waals surface area contributed by atoms with Gasteiger partial charge >= 0.3 is 33.6 Å². The molecule has 18 heteroatoms. The Morgan fingerprint density at radius 2 is 0.469 bits per heavy atom. The molecule has 0 amide bonds. The Kier molecular flexibility index (Phi) is 82.4. The van der Waals surface area contributed by atoms with Crippen LogP contribution in [0.1, 0.15) is 355 Å². The number of unbranched alkanes of at least 4 members (excludes halogenated alkanes) is 32. The number of carbonyl (C=O) groups is 3. The molecule has 4 N–H and O–H groups in total. The number of carbonyl (C=O) groups excluding carboxylic acids is 3. The molecule has 0 aliphatic carbocycles. The van der Waals surface area contributed by atoms with Gasteiger partial charge in [-0.25, -0.2) is 9.13 Å². The van der Waals surface area contributed by atoms with Gasteiger partial charge in [-0.3, -0.25) is 32.5 Å². The summed E-state index contributed by atoms with van der Waals surface area (Å²) in [7, 11) is -9.82. The number of aliphatic hydroxyl groups is 2. The Labute approximate surface area is 688 Å². The number of aliphatic hydroxyl groups excluding tert-OH is 2. The summed E-state index contributed by atoms with van der Waals surface area (Å²) in [6.45, 7) is 2.43. The summed E-state index contributed by atoms with van der Waals surface area (Å²) in [6.07, 6.45) is 111. The molecule has 0 spiro atoms. The predicted octanol–water partition coefficient (Wildman–Crippen LogP) is 27.1. The lowest BCUT2D eigenvalue weighted by Crippen LogP contribution is -2.30. The molecule has 0 aliphatic heterocycles. The van der Waals surface area contributed by atoms with Crippen LogP contribution in [0.15, 0.2) is 170 Å². The normalized spacial score (nSPS) is 14.6. The number of esters is 3. The molecule has 0 fully saturated rings. The van der Waals surface area contributed by atoms with Gasteiger partial charge < -0.3 is 34.2 Å². The molecule has 5 unspecified atom stereocenters. The number of allylic oxidation sites excluding steroid dienone is 28. The van der Waals surface area contributed by atoms with Crippen LogP contribution in [0.25, 0.3) is 0 Å². The number of hydrogen-bond donors (Lipinski definition) is 4. The highest BCUT2D eigenvalue weighted by molar-refractivity contribution is 7.47. The van der Waals surface area contributed by atoms with E-state index in [1.165, 1.54) is 109 Å². The van der Waals surface area contributed by atoms with E-state index in [1.807, 2.05) is 0 Å². The van der Waals surface area contributed by atoms with E-state index in [0.717, 1.165) is 186 Å². The summed E-state index contributed by atoms with van der Waals surface area (Å²) in [5.41, 5.74) is 0. The fourth-order valence-corrected chi connectivity index (χ4v) is 13.3. The maximum absolute atomic E-state index is 13.0. The van der Waals surface area contributed by atoms with E-state index in [9.17, 15) is 43.5 Å². The van der Waals surface area contributed by atoms with E-state index < -0.39 is 91.5 Å². The molecular formula is C95H160O16P2. The number of phosphoric acid groups is 2. The highest BCUT2D eigenvalue weighted by atomic mass is 31.2. The van der Waals surface area contributed by atoms with E-state index in [0.29, 0.717) is 19.3 Å². The largest absolute Gasteiger partial charge is 0.472 e. The SMILES string of the molecule is CC/C=C\C/C=C\C/C=C\C/C=C\C/C=C\C/C=C\CCCCCCCCCCC(=O)OCC(COP(=O)(O)OCC(O)COP(=O)(O)OCC(O)COC(=O)CCCCCCCCCCCCCCCCC/C=C\C/C=C\C/C=C\C/C=C\CCCCC)OC(=O)CCCCCCCC/C=C\C/C=C\C/C=C\C/C=C\CC. The van der Waals surface area contributed by atoms with Crippen LogP contribution in [0.2, 0.25) is 0 Å². The van der Waals surface area contributed by atoms with Crippen molar-refractivity contribution in [3.63, 3.8) is 0 Å². The zero-order valence-electron chi connectivity index (χ0n) is 71.0. The minimum absolute atomic E-state index is 0.0810. The minimum atomic E-state index is -4.95. The van der Waals surface area contributed by atoms with Crippen molar-refractivity contribution in [1.82, 2.24) is 0 Å². The van der Waals surface area contributed by atoms with E-state index in [1.54, 1.807) is 0 Å². The van der Waals surface area contributed by atoms with Crippen LogP contribution in [0.5, 0.6) is 0 Å². The van der Waals surface area contributed by atoms with E-state index in [2.05, 4.69) is 191 Å².